The summed E-state index contributed by atoms with van der Waals surface area (Å²) in [5.41, 5.74) is 1.16. The summed E-state index contributed by atoms with van der Waals surface area (Å²) in [7, 11) is 1.98. The van der Waals surface area contributed by atoms with Crippen molar-refractivity contribution >= 4 is 0 Å². The second kappa shape index (κ2) is 5.32. The third kappa shape index (κ3) is 2.54. The van der Waals surface area contributed by atoms with Crippen molar-refractivity contribution in [2.75, 3.05) is 20.3 Å². The fraction of sp³-hybridized carbons (Fsp3) is 0.538. The molecule has 0 amide bonds. The zero-order valence-corrected chi connectivity index (χ0v) is 9.65. The molecule has 0 bridgehead atoms. The highest BCUT2D eigenvalue weighted by Gasteiger charge is 2.24. The van der Waals surface area contributed by atoms with Crippen molar-refractivity contribution in [1.82, 2.24) is 5.32 Å². The van der Waals surface area contributed by atoms with Gasteiger partial charge < -0.3 is 15.2 Å². The van der Waals surface area contributed by atoms with Crippen molar-refractivity contribution in [3.05, 3.63) is 29.8 Å². The molecule has 1 aliphatic heterocycles. The smallest absolute Gasteiger partial charge is 0.115 e. The lowest BCUT2D eigenvalue weighted by atomic mass is 9.87. The predicted molar refractivity (Wildman–Crippen MR) is 63.5 cm³/mol. The first-order chi connectivity index (χ1) is 7.81. The van der Waals surface area contributed by atoms with Crippen molar-refractivity contribution in [2.24, 2.45) is 5.92 Å². The van der Waals surface area contributed by atoms with Crippen LogP contribution in [0.15, 0.2) is 24.3 Å². The molecule has 1 aromatic carbocycles. The van der Waals surface area contributed by atoms with Crippen LogP contribution in [0.1, 0.15) is 24.4 Å². The van der Waals surface area contributed by atoms with Crippen molar-refractivity contribution < 1.29 is 9.84 Å². The molecule has 0 spiro atoms. The van der Waals surface area contributed by atoms with Crippen LogP contribution in [0.2, 0.25) is 0 Å². The maximum absolute atomic E-state index is 9.50. The van der Waals surface area contributed by atoms with Gasteiger partial charge >= 0.3 is 0 Å². The highest BCUT2D eigenvalue weighted by molar-refractivity contribution is 5.29. The minimum absolute atomic E-state index is 0.316. The highest BCUT2D eigenvalue weighted by atomic mass is 16.5. The lowest BCUT2D eigenvalue weighted by Gasteiger charge is -2.30. The number of hydrogen-bond donors (Lipinski definition) is 2. The Morgan fingerprint density at radius 2 is 2.12 bits per heavy atom. The molecule has 1 aliphatic rings. The van der Waals surface area contributed by atoms with Crippen LogP contribution in [-0.4, -0.2) is 25.4 Å². The van der Waals surface area contributed by atoms with Crippen molar-refractivity contribution in [1.29, 1.82) is 0 Å². The van der Waals surface area contributed by atoms with Crippen LogP contribution >= 0.6 is 0 Å². The van der Waals surface area contributed by atoms with Crippen molar-refractivity contribution in [3.8, 4) is 5.75 Å². The SMILES string of the molecule is CNC(c1cccc(O)c1)C1CCOCC1. The maximum atomic E-state index is 9.50. The molecule has 1 atom stereocenters. The molecule has 1 fully saturated rings. The fourth-order valence-corrected chi connectivity index (χ4v) is 2.44. The molecule has 3 nitrogen and oxygen atoms in total. The number of hydrogen-bond acceptors (Lipinski definition) is 3. The third-order valence-corrected chi connectivity index (χ3v) is 3.28. The van der Waals surface area contributed by atoms with Gasteiger partial charge in [-0.05, 0) is 43.5 Å². The van der Waals surface area contributed by atoms with Gasteiger partial charge in [-0.15, -0.1) is 0 Å². The summed E-state index contributed by atoms with van der Waals surface area (Å²) in [6.07, 6.45) is 2.17. The quantitative estimate of drug-likeness (QED) is 0.821. The van der Waals surface area contributed by atoms with Crippen LogP contribution in [0.25, 0.3) is 0 Å². The van der Waals surface area contributed by atoms with E-state index in [4.69, 9.17) is 4.74 Å². The van der Waals surface area contributed by atoms with E-state index in [-0.39, 0.29) is 0 Å². The summed E-state index contributed by atoms with van der Waals surface area (Å²) in [5.74, 6) is 0.936. The standard InChI is InChI=1S/C13H19NO2/c1-14-13(10-5-7-16-8-6-10)11-3-2-4-12(15)9-11/h2-4,9-10,13-15H,5-8H2,1H3. The summed E-state index contributed by atoms with van der Waals surface area (Å²) in [5, 5.41) is 12.9. The Labute approximate surface area is 96.4 Å². The van der Waals surface area contributed by atoms with Crippen molar-refractivity contribution in [2.45, 2.75) is 18.9 Å². The monoisotopic (exact) mass is 221 g/mol. The van der Waals surface area contributed by atoms with Gasteiger partial charge in [-0.25, -0.2) is 0 Å². The molecule has 0 radical (unpaired) electrons. The molecule has 1 unspecified atom stereocenters. The Balaban J connectivity index is 2.14. The number of nitrogens with one attached hydrogen (secondary N) is 1. The van der Waals surface area contributed by atoms with E-state index in [1.54, 1.807) is 6.07 Å². The molecule has 1 saturated heterocycles. The van der Waals surface area contributed by atoms with Crippen molar-refractivity contribution in [3.63, 3.8) is 0 Å². The Morgan fingerprint density at radius 1 is 1.38 bits per heavy atom. The predicted octanol–water partition coefficient (Wildman–Crippen LogP) is 2.08. The fourth-order valence-electron chi connectivity index (χ4n) is 2.44. The Hall–Kier alpha value is -1.06. The molecule has 0 aromatic heterocycles. The van der Waals surface area contributed by atoms with Gasteiger partial charge in [-0.3, -0.25) is 0 Å². The van der Waals surface area contributed by atoms with Crippen LogP contribution in [0, 0.1) is 5.92 Å². The van der Waals surface area contributed by atoms with E-state index < -0.39 is 0 Å². The molecule has 1 aromatic rings. The van der Waals surface area contributed by atoms with Crippen LogP contribution in [0.4, 0.5) is 0 Å². The molecule has 0 saturated carbocycles. The van der Waals surface area contributed by atoms with Crippen LogP contribution in [-0.2, 0) is 4.74 Å². The first-order valence-electron chi connectivity index (χ1n) is 5.85. The van der Waals surface area contributed by atoms with Gasteiger partial charge in [0, 0.05) is 19.3 Å². The molecule has 3 heteroatoms. The normalized spacial score (nSPS) is 19.6. The van der Waals surface area contributed by atoms with E-state index in [9.17, 15) is 5.11 Å². The highest BCUT2D eigenvalue weighted by Crippen LogP contribution is 2.30. The van der Waals surface area contributed by atoms with Gasteiger partial charge in [0.2, 0.25) is 0 Å². The first kappa shape index (κ1) is 11.4. The van der Waals surface area contributed by atoms with E-state index in [2.05, 4.69) is 11.4 Å². The number of aromatic hydroxyl groups is 1. The van der Waals surface area contributed by atoms with Gasteiger partial charge in [-0.1, -0.05) is 12.1 Å². The number of ether oxygens (including phenoxy) is 1. The average Bonchev–Trinajstić information content (AvgIpc) is 2.31. The average molecular weight is 221 g/mol. The Kier molecular flexibility index (Phi) is 3.80. The Morgan fingerprint density at radius 3 is 2.75 bits per heavy atom. The van der Waals surface area contributed by atoms with Gasteiger partial charge in [0.05, 0.1) is 0 Å². The minimum Gasteiger partial charge on any atom is -0.508 e. The largest absolute Gasteiger partial charge is 0.508 e. The van der Waals surface area contributed by atoms with E-state index in [1.165, 1.54) is 0 Å². The number of phenolic OH excluding ortho intramolecular Hbond substituents is 1. The third-order valence-electron chi connectivity index (χ3n) is 3.28. The Bertz CT molecular complexity index is 334. The second-order valence-corrected chi connectivity index (χ2v) is 4.31. The summed E-state index contributed by atoms with van der Waals surface area (Å²) < 4.78 is 5.38. The summed E-state index contributed by atoms with van der Waals surface area (Å²) in [6, 6.07) is 7.83. The number of rotatable bonds is 3. The van der Waals surface area contributed by atoms with Crippen LogP contribution in [0.5, 0.6) is 5.75 Å². The van der Waals surface area contributed by atoms with E-state index in [1.807, 2.05) is 19.2 Å². The molecular weight excluding hydrogens is 202 g/mol. The van der Waals surface area contributed by atoms with Gasteiger partial charge in [0.15, 0.2) is 0 Å². The molecule has 1 heterocycles. The molecule has 2 N–H and O–H groups in total. The zero-order valence-electron chi connectivity index (χ0n) is 9.65. The van der Waals surface area contributed by atoms with Gasteiger partial charge in [-0.2, -0.15) is 0 Å². The van der Waals surface area contributed by atoms with Crippen LogP contribution in [0.3, 0.4) is 0 Å². The lowest BCUT2D eigenvalue weighted by Crippen LogP contribution is -2.29. The molecule has 2 rings (SSSR count). The summed E-state index contributed by atoms with van der Waals surface area (Å²) in [4.78, 5) is 0. The second-order valence-electron chi connectivity index (χ2n) is 4.31. The van der Waals surface area contributed by atoms with E-state index in [0.717, 1.165) is 31.6 Å². The molecular formula is C13H19NO2. The molecule has 88 valence electrons. The van der Waals surface area contributed by atoms with Crippen LogP contribution < -0.4 is 5.32 Å². The summed E-state index contributed by atoms with van der Waals surface area (Å²) in [6.45, 7) is 1.70. The first-order valence-corrected chi connectivity index (χ1v) is 5.85. The lowest BCUT2D eigenvalue weighted by molar-refractivity contribution is 0.0546. The van der Waals surface area contributed by atoms with Gasteiger partial charge in [0.25, 0.3) is 0 Å². The van der Waals surface area contributed by atoms with Gasteiger partial charge in [0.1, 0.15) is 5.75 Å². The topological polar surface area (TPSA) is 41.5 Å². The van der Waals surface area contributed by atoms with E-state index in [0.29, 0.717) is 17.7 Å². The number of phenols is 1. The number of benzene rings is 1. The minimum atomic E-state index is 0.316. The zero-order chi connectivity index (χ0) is 11.4. The summed E-state index contributed by atoms with van der Waals surface area (Å²) >= 11 is 0. The molecule has 16 heavy (non-hydrogen) atoms. The molecule has 0 aliphatic carbocycles. The van der Waals surface area contributed by atoms with E-state index >= 15 is 0 Å². The maximum Gasteiger partial charge on any atom is 0.115 e.